The predicted octanol–water partition coefficient (Wildman–Crippen LogP) is 3.50. The van der Waals surface area contributed by atoms with Gasteiger partial charge in [-0.1, -0.05) is 19.1 Å². The summed E-state index contributed by atoms with van der Waals surface area (Å²) in [5.74, 6) is 1.98. The second kappa shape index (κ2) is 5.64. The number of carbonyl (C=O) groups excluding carboxylic acids is 2. The zero-order chi connectivity index (χ0) is 15.0. The molecular formula is C17H22O3S. The Balaban J connectivity index is 1.73. The van der Waals surface area contributed by atoms with Gasteiger partial charge < -0.3 is 4.74 Å². The Bertz CT molecular complexity index is 522. The zero-order valence-electron chi connectivity index (χ0n) is 12.5. The summed E-state index contributed by atoms with van der Waals surface area (Å²) in [5.41, 5.74) is 1.46. The molecule has 0 aromatic rings. The van der Waals surface area contributed by atoms with Crippen molar-refractivity contribution in [2.45, 2.75) is 39.0 Å². The van der Waals surface area contributed by atoms with Crippen molar-refractivity contribution in [2.75, 3.05) is 12.4 Å². The number of esters is 1. The van der Waals surface area contributed by atoms with Gasteiger partial charge in [0.2, 0.25) is 0 Å². The van der Waals surface area contributed by atoms with Crippen LogP contribution in [0, 0.1) is 17.3 Å². The summed E-state index contributed by atoms with van der Waals surface area (Å²) in [6.07, 6.45) is 6.37. The van der Waals surface area contributed by atoms with Gasteiger partial charge in [-0.2, -0.15) is 0 Å². The third kappa shape index (κ3) is 2.70. The van der Waals surface area contributed by atoms with Gasteiger partial charge in [0.25, 0.3) is 0 Å². The lowest BCUT2D eigenvalue weighted by Crippen LogP contribution is -2.45. The molecule has 0 amide bonds. The van der Waals surface area contributed by atoms with Gasteiger partial charge >= 0.3 is 5.97 Å². The summed E-state index contributed by atoms with van der Waals surface area (Å²) in [6.45, 7) is 7.01. The van der Waals surface area contributed by atoms with Crippen LogP contribution in [0.25, 0.3) is 0 Å². The number of ketones is 1. The highest BCUT2D eigenvalue weighted by Gasteiger charge is 2.48. The Morgan fingerprint density at radius 3 is 2.95 bits per heavy atom. The first-order valence-corrected chi connectivity index (χ1v) is 8.68. The highest BCUT2D eigenvalue weighted by Crippen LogP contribution is 2.55. The SMILES string of the molecule is C=C1CCC2CC(=O)CC[C@]2(C)[C@@H]1CSC1=CCOC1=O. The van der Waals surface area contributed by atoms with Crippen LogP contribution in [0.1, 0.15) is 39.0 Å². The summed E-state index contributed by atoms with van der Waals surface area (Å²) < 4.78 is 4.96. The van der Waals surface area contributed by atoms with Gasteiger partial charge in [-0.25, -0.2) is 4.79 Å². The van der Waals surface area contributed by atoms with Gasteiger partial charge in [-0.05, 0) is 42.6 Å². The minimum Gasteiger partial charge on any atom is -0.457 e. The molecule has 4 heteroatoms. The van der Waals surface area contributed by atoms with E-state index >= 15 is 0 Å². The van der Waals surface area contributed by atoms with Gasteiger partial charge in [0, 0.05) is 18.6 Å². The molecule has 0 spiro atoms. The Hall–Kier alpha value is -1.03. The third-order valence-corrected chi connectivity index (χ3v) is 6.69. The number of allylic oxidation sites excluding steroid dienone is 1. The van der Waals surface area contributed by atoms with Crippen LogP contribution < -0.4 is 0 Å². The van der Waals surface area contributed by atoms with Crippen molar-refractivity contribution in [3.63, 3.8) is 0 Å². The molecule has 114 valence electrons. The van der Waals surface area contributed by atoms with Gasteiger partial charge in [0.15, 0.2) is 0 Å². The number of carbonyl (C=O) groups is 2. The molecule has 0 aromatic heterocycles. The molecule has 3 aliphatic rings. The number of rotatable bonds is 3. The van der Waals surface area contributed by atoms with Crippen molar-refractivity contribution < 1.29 is 14.3 Å². The lowest BCUT2D eigenvalue weighted by atomic mass is 9.54. The van der Waals surface area contributed by atoms with Crippen molar-refractivity contribution in [3.8, 4) is 0 Å². The molecule has 2 saturated carbocycles. The van der Waals surface area contributed by atoms with Crippen LogP contribution >= 0.6 is 11.8 Å². The summed E-state index contributed by atoms with van der Waals surface area (Å²) in [7, 11) is 0. The molecule has 3 rings (SSSR count). The minimum atomic E-state index is -0.193. The molecule has 1 aliphatic heterocycles. The summed E-state index contributed by atoms with van der Waals surface area (Å²) >= 11 is 1.60. The molecular weight excluding hydrogens is 284 g/mol. The summed E-state index contributed by atoms with van der Waals surface area (Å²) in [4.78, 5) is 24.1. The number of fused-ring (bicyclic) bond motifs is 1. The van der Waals surface area contributed by atoms with Crippen LogP contribution in [0.4, 0.5) is 0 Å². The lowest BCUT2D eigenvalue weighted by Gasteiger charge is -2.51. The number of thioether (sulfide) groups is 1. The summed E-state index contributed by atoms with van der Waals surface area (Å²) in [6, 6.07) is 0. The first-order valence-electron chi connectivity index (χ1n) is 7.70. The van der Waals surface area contributed by atoms with E-state index in [-0.39, 0.29) is 11.4 Å². The number of hydrogen-bond acceptors (Lipinski definition) is 4. The Kier molecular flexibility index (Phi) is 4.00. The normalized spacial score (nSPS) is 36.2. The van der Waals surface area contributed by atoms with Crippen LogP contribution in [0.2, 0.25) is 0 Å². The van der Waals surface area contributed by atoms with Crippen molar-refractivity contribution in [1.82, 2.24) is 0 Å². The molecule has 3 atom stereocenters. The van der Waals surface area contributed by atoms with Gasteiger partial charge in [-0.3, -0.25) is 4.79 Å². The molecule has 0 saturated heterocycles. The van der Waals surface area contributed by atoms with Crippen LogP contribution in [0.3, 0.4) is 0 Å². The largest absolute Gasteiger partial charge is 0.457 e. The second-order valence-electron chi connectivity index (χ2n) is 6.67. The fourth-order valence-electron chi connectivity index (χ4n) is 4.06. The average molecular weight is 306 g/mol. The van der Waals surface area contributed by atoms with Crippen molar-refractivity contribution >= 4 is 23.5 Å². The third-order valence-electron chi connectivity index (χ3n) is 5.54. The van der Waals surface area contributed by atoms with Crippen LogP contribution in [-0.4, -0.2) is 24.1 Å². The number of cyclic esters (lactones) is 1. The molecule has 2 aliphatic carbocycles. The van der Waals surface area contributed by atoms with Crippen molar-refractivity contribution in [3.05, 3.63) is 23.1 Å². The Morgan fingerprint density at radius 2 is 2.24 bits per heavy atom. The van der Waals surface area contributed by atoms with E-state index in [1.165, 1.54) is 5.57 Å². The van der Waals surface area contributed by atoms with E-state index < -0.39 is 0 Å². The van der Waals surface area contributed by atoms with Crippen molar-refractivity contribution in [2.24, 2.45) is 17.3 Å². The highest BCUT2D eigenvalue weighted by atomic mass is 32.2. The minimum absolute atomic E-state index is 0.166. The zero-order valence-corrected chi connectivity index (χ0v) is 13.3. The van der Waals surface area contributed by atoms with E-state index in [0.717, 1.165) is 36.3 Å². The molecule has 0 radical (unpaired) electrons. The van der Waals surface area contributed by atoms with Gasteiger partial charge in [0.05, 0.1) is 4.91 Å². The molecule has 2 fully saturated rings. The molecule has 21 heavy (non-hydrogen) atoms. The van der Waals surface area contributed by atoms with E-state index in [2.05, 4.69) is 13.5 Å². The van der Waals surface area contributed by atoms with E-state index in [9.17, 15) is 9.59 Å². The Labute approximate surface area is 130 Å². The summed E-state index contributed by atoms with van der Waals surface area (Å²) in [5, 5.41) is 0. The topological polar surface area (TPSA) is 43.4 Å². The Morgan fingerprint density at radius 1 is 1.43 bits per heavy atom. The average Bonchev–Trinajstić information content (AvgIpc) is 2.85. The molecule has 3 nitrogen and oxygen atoms in total. The highest BCUT2D eigenvalue weighted by molar-refractivity contribution is 8.04. The quantitative estimate of drug-likeness (QED) is 0.591. The first kappa shape index (κ1) is 14.9. The van der Waals surface area contributed by atoms with Crippen LogP contribution in [0.15, 0.2) is 23.1 Å². The number of Topliss-reactive ketones (excluding diaryl/α,β-unsaturated/α-hetero) is 1. The molecule has 0 N–H and O–H groups in total. The van der Waals surface area contributed by atoms with Crippen LogP contribution in [-0.2, 0) is 14.3 Å². The molecule has 0 bridgehead atoms. The first-order chi connectivity index (χ1) is 10.0. The van der Waals surface area contributed by atoms with Crippen molar-refractivity contribution in [1.29, 1.82) is 0 Å². The number of ether oxygens (including phenoxy) is 1. The van der Waals surface area contributed by atoms with E-state index in [1.807, 2.05) is 6.08 Å². The molecule has 0 aromatic carbocycles. The maximum atomic E-state index is 11.8. The fourth-order valence-corrected chi connectivity index (χ4v) is 5.39. The van der Waals surface area contributed by atoms with Gasteiger partial charge in [-0.15, -0.1) is 11.8 Å². The number of hydrogen-bond donors (Lipinski definition) is 0. The predicted molar refractivity (Wildman–Crippen MR) is 83.8 cm³/mol. The van der Waals surface area contributed by atoms with Gasteiger partial charge in [0.1, 0.15) is 12.4 Å². The van der Waals surface area contributed by atoms with E-state index in [1.54, 1.807) is 11.8 Å². The van der Waals surface area contributed by atoms with Crippen LogP contribution in [0.5, 0.6) is 0 Å². The standard InChI is InChI=1S/C17H22O3S/c1-11-3-4-12-9-13(18)5-7-17(12,2)14(11)10-21-15-6-8-20-16(15)19/h6,12,14H,1,3-5,7-10H2,2H3/t12?,14-,17+/m1/s1. The molecule has 1 unspecified atom stereocenters. The lowest BCUT2D eigenvalue weighted by molar-refractivity contribution is -0.135. The maximum absolute atomic E-state index is 11.8. The maximum Gasteiger partial charge on any atom is 0.344 e. The fraction of sp³-hybridized carbons (Fsp3) is 0.647. The monoisotopic (exact) mass is 306 g/mol. The molecule has 1 heterocycles. The van der Waals surface area contributed by atoms with E-state index in [0.29, 0.717) is 30.6 Å². The second-order valence-corrected chi connectivity index (χ2v) is 7.73. The van der Waals surface area contributed by atoms with E-state index in [4.69, 9.17) is 4.74 Å². The smallest absolute Gasteiger partial charge is 0.344 e.